The van der Waals surface area contributed by atoms with E-state index >= 15 is 0 Å². The molecule has 0 saturated heterocycles. The van der Waals surface area contributed by atoms with Crippen LogP contribution in [0.1, 0.15) is 0 Å². The topological polar surface area (TPSA) is 40.5 Å². The minimum absolute atomic E-state index is 0.160. The Balaban J connectivity index is 2.22. The maximum Gasteiger partial charge on any atom is 0.317 e. The van der Waals surface area contributed by atoms with Crippen LogP contribution >= 0.6 is 0 Å². The zero-order chi connectivity index (χ0) is 6.69. The first-order chi connectivity index (χ1) is 4.29. The summed E-state index contributed by atoms with van der Waals surface area (Å²) < 4.78 is 0. The molecule has 3 heteroatoms. The highest BCUT2D eigenvalue weighted by Gasteiger charge is 2.08. The zero-order valence-electron chi connectivity index (χ0n) is 5.08. The fourth-order valence-electron chi connectivity index (χ4n) is 0.842. The lowest BCUT2D eigenvalue weighted by Gasteiger charge is -2.09. The second kappa shape index (κ2) is 2.64. The molecule has 0 radical (unpaired) electrons. The summed E-state index contributed by atoms with van der Waals surface area (Å²) in [5.41, 5.74) is 0. The summed E-state index contributed by atoms with van der Waals surface area (Å²) in [4.78, 5) is 11.9. The van der Waals surface area contributed by atoms with Crippen LogP contribution in [0.5, 0.6) is 0 Å². The van der Waals surface area contributed by atoms with E-state index in [0.717, 1.165) is 13.1 Å². The van der Waals surface area contributed by atoms with Crippen molar-refractivity contribution < 1.29 is 9.90 Å². The Morgan fingerprint density at radius 2 is 2.11 bits per heavy atom. The predicted octanol–water partition coefficient (Wildman–Crippen LogP) is -0.0572. The maximum absolute atomic E-state index is 10.1. The van der Waals surface area contributed by atoms with E-state index in [9.17, 15) is 4.79 Å². The lowest BCUT2D eigenvalue weighted by atomic mass is 10.5. The van der Waals surface area contributed by atoms with Crippen molar-refractivity contribution >= 4 is 5.97 Å². The Labute approximate surface area is 53.6 Å². The van der Waals surface area contributed by atoms with Crippen LogP contribution in [0.3, 0.4) is 0 Å². The van der Waals surface area contributed by atoms with Crippen molar-refractivity contribution in [3.8, 4) is 0 Å². The van der Waals surface area contributed by atoms with Gasteiger partial charge in [0, 0.05) is 13.1 Å². The van der Waals surface area contributed by atoms with Gasteiger partial charge in [0.25, 0.3) is 0 Å². The second-order valence-electron chi connectivity index (χ2n) is 2.06. The molecule has 0 saturated carbocycles. The molecule has 1 N–H and O–H groups in total. The summed E-state index contributed by atoms with van der Waals surface area (Å²) in [7, 11) is 0. The van der Waals surface area contributed by atoms with E-state index in [4.69, 9.17) is 5.11 Å². The molecule has 0 amide bonds. The standard InChI is InChI=1S/C6H9NO2/c8-6(9)5-7-3-1-2-4-7/h1-2H,3-5H2,(H,8,9). The van der Waals surface area contributed by atoms with Crippen molar-refractivity contribution in [2.45, 2.75) is 0 Å². The molecule has 1 rings (SSSR count). The number of carboxylic acids is 1. The fraction of sp³-hybridized carbons (Fsp3) is 0.500. The monoisotopic (exact) mass is 127 g/mol. The molecule has 0 bridgehead atoms. The lowest BCUT2D eigenvalue weighted by molar-refractivity contribution is -0.137. The third-order valence-corrected chi connectivity index (χ3v) is 1.25. The van der Waals surface area contributed by atoms with Crippen LogP contribution in [0.25, 0.3) is 0 Å². The molecule has 3 nitrogen and oxygen atoms in total. The Hall–Kier alpha value is -0.830. The third-order valence-electron chi connectivity index (χ3n) is 1.25. The fourth-order valence-corrected chi connectivity index (χ4v) is 0.842. The highest BCUT2D eigenvalue weighted by molar-refractivity contribution is 5.69. The summed E-state index contributed by atoms with van der Waals surface area (Å²) in [6.45, 7) is 1.73. The molecular formula is C6H9NO2. The van der Waals surface area contributed by atoms with Crippen LogP contribution in [-0.4, -0.2) is 35.6 Å². The number of carboxylic acid groups (broad SMARTS) is 1. The van der Waals surface area contributed by atoms with Crippen molar-refractivity contribution in [3.05, 3.63) is 12.2 Å². The number of hydrogen-bond donors (Lipinski definition) is 1. The SMILES string of the molecule is O=C(O)CN1CC=CC1. The van der Waals surface area contributed by atoms with Gasteiger partial charge >= 0.3 is 5.97 Å². The number of rotatable bonds is 2. The number of nitrogens with zero attached hydrogens (tertiary/aromatic N) is 1. The summed E-state index contributed by atoms with van der Waals surface area (Å²) in [5.74, 6) is -0.751. The first-order valence-electron chi connectivity index (χ1n) is 2.88. The van der Waals surface area contributed by atoms with Gasteiger partial charge in [-0.2, -0.15) is 0 Å². The largest absolute Gasteiger partial charge is 0.480 e. The Morgan fingerprint density at radius 1 is 1.56 bits per heavy atom. The first kappa shape index (κ1) is 6.29. The second-order valence-corrected chi connectivity index (χ2v) is 2.06. The van der Waals surface area contributed by atoms with E-state index in [1.165, 1.54) is 0 Å². The molecule has 0 unspecified atom stereocenters. The Bertz CT molecular complexity index is 134. The quantitative estimate of drug-likeness (QED) is 0.528. The zero-order valence-corrected chi connectivity index (χ0v) is 5.08. The number of aliphatic carboxylic acids is 1. The molecule has 1 aliphatic heterocycles. The summed E-state index contributed by atoms with van der Waals surface area (Å²) in [5, 5.41) is 8.30. The highest BCUT2D eigenvalue weighted by Crippen LogP contribution is 1.96. The first-order valence-corrected chi connectivity index (χ1v) is 2.88. The van der Waals surface area contributed by atoms with E-state index in [2.05, 4.69) is 0 Å². The van der Waals surface area contributed by atoms with E-state index in [1.807, 2.05) is 17.1 Å². The van der Waals surface area contributed by atoms with Crippen LogP contribution in [0.15, 0.2) is 12.2 Å². The molecule has 0 spiro atoms. The highest BCUT2D eigenvalue weighted by atomic mass is 16.4. The molecule has 0 aliphatic carbocycles. The molecule has 0 aromatic heterocycles. The number of carbonyl (C=O) groups is 1. The minimum Gasteiger partial charge on any atom is -0.480 e. The maximum atomic E-state index is 10.1. The molecule has 0 atom stereocenters. The molecule has 0 fully saturated rings. The van der Waals surface area contributed by atoms with E-state index in [1.54, 1.807) is 0 Å². The van der Waals surface area contributed by atoms with Crippen LogP contribution in [0, 0.1) is 0 Å². The average molecular weight is 127 g/mol. The lowest BCUT2D eigenvalue weighted by Crippen LogP contribution is -2.26. The molecular weight excluding hydrogens is 118 g/mol. The summed E-state index contributed by atoms with van der Waals surface area (Å²) in [6, 6.07) is 0. The number of hydrogen-bond acceptors (Lipinski definition) is 2. The van der Waals surface area contributed by atoms with Gasteiger partial charge in [-0.3, -0.25) is 9.69 Å². The molecule has 50 valence electrons. The van der Waals surface area contributed by atoms with Crippen molar-refractivity contribution in [3.63, 3.8) is 0 Å². The van der Waals surface area contributed by atoms with Gasteiger partial charge in [0.15, 0.2) is 0 Å². The Kier molecular flexibility index (Phi) is 1.85. The van der Waals surface area contributed by atoms with Crippen LogP contribution in [0.4, 0.5) is 0 Å². The van der Waals surface area contributed by atoms with Crippen LogP contribution in [0.2, 0.25) is 0 Å². The molecule has 1 aliphatic rings. The normalized spacial score (nSPS) is 18.7. The minimum atomic E-state index is -0.751. The van der Waals surface area contributed by atoms with Gasteiger partial charge in [-0.15, -0.1) is 0 Å². The van der Waals surface area contributed by atoms with Crippen molar-refractivity contribution in [1.82, 2.24) is 4.90 Å². The van der Waals surface area contributed by atoms with Crippen molar-refractivity contribution in [1.29, 1.82) is 0 Å². The molecule has 1 heterocycles. The third kappa shape index (κ3) is 1.85. The predicted molar refractivity (Wildman–Crippen MR) is 33.2 cm³/mol. The van der Waals surface area contributed by atoms with Gasteiger partial charge in [-0.25, -0.2) is 0 Å². The van der Waals surface area contributed by atoms with E-state index < -0.39 is 5.97 Å². The van der Waals surface area contributed by atoms with Crippen LogP contribution in [-0.2, 0) is 4.79 Å². The van der Waals surface area contributed by atoms with Gasteiger partial charge < -0.3 is 5.11 Å². The van der Waals surface area contributed by atoms with E-state index in [0.29, 0.717) is 0 Å². The van der Waals surface area contributed by atoms with Gasteiger partial charge in [0.1, 0.15) is 0 Å². The Morgan fingerprint density at radius 3 is 2.56 bits per heavy atom. The molecule has 9 heavy (non-hydrogen) atoms. The van der Waals surface area contributed by atoms with Crippen molar-refractivity contribution in [2.24, 2.45) is 0 Å². The molecule has 0 aromatic rings. The molecule has 0 aromatic carbocycles. The smallest absolute Gasteiger partial charge is 0.317 e. The van der Waals surface area contributed by atoms with Gasteiger partial charge in [-0.1, -0.05) is 12.2 Å². The van der Waals surface area contributed by atoms with Crippen molar-refractivity contribution in [2.75, 3.05) is 19.6 Å². The average Bonchev–Trinajstić information content (AvgIpc) is 2.15. The summed E-state index contributed by atoms with van der Waals surface area (Å²) in [6.07, 6.45) is 3.95. The van der Waals surface area contributed by atoms with Gasteiger partial charge in [-0.05, 0) is 0 Å². The van der Waals surface area contributed by atoms with E-state index in [-0.39, 0.29) is 6.54 Å². The van der Waals surface area contributed by atoms with Crippen LogP contribution < -0.4 is 0 Å². The van der Waals surface area contributed by atoms with Gasteiger partial charge in [0.05, 0.1) is 6.54 Å². The summed E-state index contributed by atoms with van der Waals surface area (Å²) >= 11 is 0. The van der Waals surface area contributed by atoms with Gasteiger partial charge in [0.2, 0.25) is 0 Å².